The van der Waals surface area contributed by atoms with Crippen LogP contribution in [-0.4, -0.2) is 24.5 Å². The van der Waals surface area contributed by atoms with Crippen molar-refractivity contribution in [2.45, 2.75) is 0 Å². The molecule has 0 saturated heterocycles. The Morgan fingerprint density at radius 1 is 1.80 bits per heavy atom. The fourth-order valence-electron chi connectivity index (χ4n) is 0. The van der Waals surface area contributed by atoms with E-state index >= 15 is 0 Å². The molecule has 0 amide bonds. The number of hydrogen-bond acceptors (Lipinski definition) is 3. The summed E-state index contributed by atoms with van der Waals surface area (Å²) in [5.41, 5.74) is 0. The van der Waals surface area contributed by atoms with Crippen molar-refractivity contribution in [2.75, 3.05) is 7.11 Å². The third-order valence-electron chi connectivity index (χ3n) is 0.211. The molecular formula is CH7BO3. The van der Waals surface area contributed by atoms with Gasteiger partial charge in [-0.05, 0) is 0 Å². The summed E-state index contributed by atoms with van der Waals surface area (Å²) in [4.78, 5) is 0. The zero-order valence-electron chi connectivity index (χ0n) is 2.88. The van der Waals surface area contributed by atoms with Gasteiger partial charge in [0.1, 0.15) is 0 Å². The average Bonchev–Trinajstić information content (AvgIpc) is 1.38. The van der Waals surface area contributed by atoms with E-state index in [4.69, 9.17) is 10.0 Å². The second-order valence-corrected chi connectivity index (χ2v) is 0.562. The van der Waals surface area contributed by atoms with Gasteiger partial charge in [0.25, 0.3) is 0 Å². The fraction of sp³-hybridized carbons (Fsp3) is 1.00. The molecule has 0 atom stereocenters. The summed E-state index contributed by atoms with van der Waals surface area (Å²) in [5, 5.41) is 15.4. The Labute approximate surface area is 31.9 Å². The molecule has 0 rings (SSSR count). The zero-order valence-corrected chi connectivity index (χ0v) is 2.88. The first kappa shape index (κ1) is 4.94. The Hall–Kier alpha value is -0.0551. The molecular weight excluding hydrogens is 70.8 g/mol. The van der Waals surface area contributed by atoms with E-state index in [9.17, 15) is 0 Å². The smallest absolute Gasteiger partial charge is 0.402 e. The van der Waals surface area contributed by atoms with Crippen molar-refractivity contribution in [1.82, 2.24) is 0 Å². The molecule has 0 unspecified atom stereocenters. The molecule has 0 aliphatic heterocycles. The van der Waals surface area contributed by atoms with Gasteiger partial charge in [-0.1, -0.05) is 0 Å². The van der Waals surface area contributed by atoms with Crippen LogP contribution in [0.3, 0.4) is 0 Å². The van der Waals surface area contributed by atoms with Gasteiger partial charge in [-0.3, -0.25) is 0 Å². The minimum atomic E-state index is -1.62. The lowest BCUT2D eigenvalue weighted by Gasteiger charge is -1.84. The molecule has 0 aromatic carbocycles. The molecule has 4 heteroatoms. The first-order valence-corrected chi connectivity index (χ1v) is 1.16. The molecule has 32 valence electrons. The minimum absolute atomic E-state index is 0. The van der Waals surface area contributed by atoms with Crippen molar-refractivity contribution in [1.29, 1.82) is 0 Å². The highest BCUT2D eigenvalue weighted by Crippen LogP contribution is 1.59. The Balaban J connectivity index is 0. The summed E-state index contributed by atoms with van der Waals surface area (Å²) in [6, 6.07) is 0. The number of hydrogen-bond donors (Lipinski definition) is 2. The van der Waals surface area contributed by atoms with Crippen LogP contribution in [0.15, 0.2) is 0 Å². The van der Waals surface area contributed by atoms with E-state index in [1.165, 1.54) is 7.11 Å². The van der Waals surface area contributed by atoms with Crippen LogP contribution in [0.4, 0.5) is 0 Å². The summed E-state index contributed by atoms with van der Waals surface area (Å²) in [6.07, 6.45) is 0. The van der Waals surface area contributed by atoms with Crippen LogP contribution in [0, 0.1) is 0 Å². The maximum absolute atomic E-state index is 7.69. The molecule has 3 nitrogen and oxygen atoms in total. The molecule has 0 heterocycles. The molecule has 0 bridgehead atoms. The van der Waals surface area contributed by atoms with E-state index in [-0.39, 0.29) is 1.43 Å². The highest BCUT2D eigenvalue weighted by atomic mass is 16.6. The topological polar surface area (TPSA) is 49.7 Å². The van der Waals surface area contributed by atoms with Crippen molar-refractivity contribution in [3.05, 3.63) is 0 Å². The Morgan fingerprint density at radius 2 is 2.00 bits per heavy atom. The van der Waals surface area contributed by atoms with Crippen molar-refractivity contribution in [3.63, 3.8) is 0 Å². The molecule has 0 saturated carbocycles. The molecule has 0 aromatic heterocycles. The first-order valence-electron chi connectivity index (χ1n) is 1.16. The Morgan fingerprint density at radius 3 is 2.00 bits per heavy atom. The van der Waals surface area contributed by atoms with E-state index in [1.807, 2.05) is 0 Å². The minimum Gasteiger partial charge on any atom is -0.402 e. The third-order valence-corrected chi connectivity index (χ3v) is 0.211. The van der Waals surface area contributed by atoms with Crippen molar-refractivity contribution in [2.24, 2.45) is 0 Å². The van der Waals surface area contributed by atoms with Crippen LogP contribution in [-0.2, 0) is 4.65 Å². The number of rotatable bonds is 1. The van der Waals surface area contributed by atoms with Gasteiger partial charge in [0.05, 0.1) is 0 Å². The maximum Gasteiger partial charge on any atom is 0.633 e. The molecule has 0 aliphatic carbocycles. The van der Waals surface area contributed by atoms with Crippen LogP contribution in [0.2, 0.25) is 0 Å². The van der Waals surface area contributed by atoms with Gasteiger partial charge in [-0.15, -0.1) is 0 Å². The van der Waals surface area contributed by atoms with E-state index in [0.717, 1.165) is 0 Å². The lowest BCUT2D eigenvalue weighted by atomic mass is 10.3. The standard InChI is InChI=1S/CH5BO3.H2/c1-5-2(3)4;/h3-4H,1H3;1H. The van der Waals surface area contributed by atoms with Crippen LogP contribution >= 0.6 is 0 Å². The van der Waals surface area contributed by atoms with Crippen LogP contribution in [0.5, 0.6) is 0 Å². The van der Waals surface area contributed by atoms with Gasteiger partial charge < -0.3 is 14.7 Å². The Kier molecular flexibility index (Phi) is 2.17. The van der Waals surface area contributed by atoms with Gasteiger partial charge in [0.2, 0.25) is 0 Å². The molecule has 5 heavy (non-hydrogen) atoms. The molecule has 0 aliphatic rings. The van der Waals surface area contributed by atoms with Gasteiger partial charge >= 0.3 is 7.32 Å². The monoisotopic (exact) mass is 78.0 g/mol. The molecule has 2 N–H and O–H groups in total. The van der Waals surface area contributed by atoms with Crippen LogP contribution in [0.1, 0.15) is 1.43 Å². The predicted molar refractivity (Wildman–Crippen MR) is 19.3 cm³/mol. The molecule has 0 radical (unpaired) electrons. The summed E-state index contributed by atoms with van der Waals surface area (Å²) in [5.74, 6) is 0. The van der Waals surface area contributed by atoms with E-state index in [2.05, 4.69) is 4.65 Å². The maximum atomic E-state index is 7.69. The molecule has 0 aromatic rings. The van der Waals surface area contributed by atoms with Gasteiger partial charge in [-0.2, -0.15) is 0 Å². The van der Waals surface area contributed by atoms with Gasteiger partial charge in [0, 0.05) is 8.54 Å². The lowest BCUT2D eigenvalue weighted by molar-refractivity contribution is 0.229. The summed E-state index contributed by atoms with van der Waals surface area (Å²) in [6.45, 7) is 0. The first-order chi connectivity index (χ1) is 2.27. The largest absolute Gasteiger partial charge is 0.633 e. The highest BCUT2D eigenvalue weighted by molar-refractivity contribution is 6.32. The predicted octanol–water partition coefficient (Wildman–Crippen LogP) is -1.15. The van der Waals surface area contributed by atoms with Crippen molar-refractivity contribution < 1.29 is 16.1 Å². The molecule has 0 fully saturated rings. The average molecular weight is 77.9 g/mol. The fourth-order valence-corrected chi connectivity index (χ4v) is 0. The lowest BCUT2D eigenvalue weighted by Crippen LogP contribution is -2.12. The summed E-state index contributed by atoms with van der Waals surface area (Å²) < 4.78 is 3.86. The zero-order chi connectivity index (χ0) is 4.28. The second-order valence-electron chi connectivity index (χ2n) is 0.562. The van der Waals surface area contributed by atoms with E-state index < -0.39 is 7.32 Å². The van der Waals surface area contributed by atoms with Gasteiger partial charge in [0.15, 0.2) is 0 Å². The summed E-state index contributed by atoms with van der Waals surface area (Å²) >= 11 is 0. The summed E-state index contributed by atoms with van der Waals surface area (Å²) in [7, 11) is -0.417. The van der Waals surface area contributed by atoms with Crippen molar-refractivity contribution >= 4 is 7.32 Å². The second kappa shape index (κ2) is 2.20. The van der Waals surface area contributed by atoms with Crippen molar-refractivity contribution in [3.8, 4) is 0 Å². The third kappa shape index (κ3) is 3.94. The van der Waals surface area contributed by atoms with E-state index in [1.54, 1.807) is 0 Å². The molecule has 0 spiro atoms. The van der Waals surface area contributed by atoms with Crippen LogP contribution in [0.25, 0.3) is 0 Å². The SMILES string of the molecule is COB(O)O.[HH]. The van der Waals surface area contributed by atoms with E-state index in [0.29, 0.717) is 0 Å². The normalized spacial score (nSPS) is 7.80. The highest BCUT2D eigenvalue weighted by Gasteiger charge is 2.00. The van der Waals surface area contributed by atoms with Gasteiger partial charge in [-0.25, -0.2) is 0 Å². The quantitative estimate of drug-likeness (QED) is 0.389. The Bertz CT molecular complexity index is 24.8. The van der Waals surface area contributed by atoms with Crippen LogP contribution < -0.4 is 0 Å².